The predicted octanol–water partition coefficient (Wildman–Crippen LogP) is 0.0806. The fourth-order valence-electron chi connectivity index (χ4n) is 0.390. The Morgan fingerprint density at radius 2 is 1.91 bits per heavy atom. The van der Waals surface area contributed by atoms with Crippen LogP contribution >= 0.6 is 0 Å². The van der Waals surface area contributed by atoms with Crippen molar-refractivity contribution in [3.05, 3.63) is 0 Å². The van der Waals surface area contributed by atoms with Crippen LogP contribution in [0.25, 0.3) is 0 Å². The van der Waals surface area contributed by atoms with Crippen LogP contribution < -0.4 is 4.72 Å². The number of sulfonamides is 1. The Kier molecular flexibility index (Phi) is 3.31. The molecule has 0 aliphatic carbocycles. The second-order valence-corrected chi connectivity index (χ2v) is 4.08. The molecule has 0 unspecified atom stereocenters. The molecule has 6 heteroatoms. The van der Waals surface area contributed by atoms with Crippen molar-refractivity contribution < 1.29 is 17.9 Å². The summed E-state index contributed by atoms with van der Waals surface area (Å²) in [7, 11) is -3.49. The van der Waals surface area contributed by atoms with E-state index in [0.29, 0.717) is 0 Å². The average Bonchev–Trinajstić information content (AvgIpc) is 1.53. The topological polar surface area (TPSA) is 72.5 Å². The van der Waals surface area contributed by atoms with Gasteiger partial charge in [-0.1, -0.05) is 0 Å². The first-order valence-corrected chi connectivity index (χ1v) is 4.89. The standard InChI is InChI=1S/C5H11NO4S/c1-4(2)10-5(7)6-11(3,8)9/h4H,1-3H3,(H,6,7). The maximum Gasteiger partial charge on any atom is 0.421 e. The van der Waals surface area contributed by atoms with Crippen molar-refractivity contribution in [1.29, 1.82) is 0 Å². The van der Waals surface area contributed by atoms with E-state index in [2.05, 4.69) is 4.74 Å². The predicted molar refractivity (Wildman–Crippen MR) is 39.6 cm³/mol. The minimum atomic E-state index is -3.49. The van der Waals surface area contributed by atoms with Gasteiger partial charge in [0.2, 0.25) is 10.0 Å². The Balaban J connectivity index is 3.91. The lowest BCUT2D eigenvalue weighted by Crippen LogP contribution is -2.31. The smallest absolute Gasteiger partial charge is 0.421 e. The summed E-state index contributed by atoms with van der Waals surface area (Å²) < 4.78 is 27.0. The maximum atomic E-state index is 10.6. The van der Waals surface area contributed by atoms with Crippen LogP contribution in [0.3, 0.4) is 0 Å². The van der Waals surface area contributed by atoms with Gasteiger partial charge in [-0.25, -0.2) is 17.9 Å². The first-order valence-electron chi connectivity index (χ1n) is 2.99. The first kappa shape index (κ1) is 10.2. The number of ether oxygens (including phenoxy) is 1. The highest BCUT2D eigenvalue weighted by Crippen LogP contribution is 1.88. The average molecular weight is 181 g/mol. The molecule has 0 heterocycles. The van der Waals surface area contributed by atoms with Crippen LogP contribution in [0.1, 0.15) is 13.8 Å². The third-order valence-corrected chi connectivity index (χ3v) is 1.15. The lowest BCUT2D eigenvalue weighted by Gasteiger charge is -2.07. The van der Waals surface area contributed by atoms with Gasteiger partial charge in [0.05, 0.1) is 12.4 Å². The lowest BCUT2D eigenvalue weighted by atomic mass is 10.5. The Hall–Kier alpha value is -0.780. The number of rotatable bonds is 2. The second-order valence-electron chi connectivity index (χ2n) is 2.33. The number of carbonyl (C=O) groups is 1. The Morgan fingerprint density at radius 3 is 2.18 bits per heavy atom. The lowest BCUT2D eigenvalue weighted by molar-refractivity contribution is 0.121. The Bertz CT molecular complexity index is 231. The van der Waals surface area contributed by atoms with Gasteiger partial charge in [0.15, 0.2) is 0 Å². The Morgan fingerprint density at radius 1 is 1.45 bits per heavy atom. The van der Waals surface area contributed by atoms with Crippen molar-refractivity contribution >= 4 is 16.1 Å². The molecule has 1 N–H and O–H groups in total. The van der Waals surface area contributed by atoms with Gasteiger partial charge in [-0.2, -0.15) is 0 Å². The van der Waals surface area contributed by atoms with E-state index in [0.717, 1.165) is 6.26 Å². The maximum absolute atomic E-state index is 10.6. The van der Waals surface area contributed by atoms with E-state index < -0.39 is 16.1 Å². The van der Waals surface area contributed by atoms with Crippen LogP contribution in [0.2, 0.25) is 0 Å². The molecule has 5 nitrogen and oxygen atoms in total. The van der Waals surface area contributed by atoms with Gasteiger partial charge in [-0.15, -0.1) is 0 Å². The van der Waals surface area contributed by atoms with Gasteiger partial charge in [0, 0.05) is 0 Å². The van der Waals surface area contributed by atoms with Gasteiger partial charge < -0.3 is 4.74 Å². The van der Waals surface area contributed by atoms with Crippen LogP contribution in [-0.4, -0.2) is 26.9 Å². The zero-order valence-corrected chi connectivity index (χ0v) is 7.44. The van der Waals surface area contributed by atoms with Crippen LogP contribution in [-0.2, 0) is 14.8 Å². The number of carbonyl (C=O) groups excluding carboxylic acids is 1. The molecule has 0 bridgehead atoms. The summed E-state index contributed by atoms with van der Waals surface area (Å²) in [5, 5.41) is 0. The van der Waals surface area contributed by atoms with Gasteiger partial charge in [0.25, 0.3) is 0 Å². The van der Waals surface area contributed by atoms with Gasteiger partial charge in [-0.3, -0.25) is 0 Å². The molecule has 11 heavy (non-hydrogen) atoms. The fourth-order valence-corrected chi connectivity index (χ4v) is 0.740. The molecular formula is C5H11NO4S. The van der Waals surface area contributed by atoms with Crippen molar-refractivity contribution in [3.8, 4) is 0 Å². The number of amides is 1. The first-order chi connectivity index (χ1) is 4.81. The highest BCUT2D eigenvalue weighted by molar-refractivity contribution is 7.89. The molecule has 0 saturated heterocycles. The number of hydrogen-bond donors (Lipinski definition) is 1. The quantitative estimate of drug-likeness (QED) is 0.654. The zero-order chi connectivity index (χ0) is 9.07. The molecule has 0 aromatic rings. The molecule has 0 aliphatic rings. The van der Waals surface area contributed by atoms with Crippen LogP contribution in [0, 0.1) is 0 Å². The van der Waals surface area contributed by atoms with E-state index in [4.69, 9.17) is 0 Å². The van der Waals surface area contributed by atoms with Crippen molar-refractivity contribution in [2.24, 2.45) is 0 Å². The van der Waals surface area contributed by atoms with E-state index >= 15 is 0 Å². The van der Waals surface area contributed by atoms with Crippen molar-refractivity contribution in [2.75, 3.05) is 6.26 Å². The molecular weight excluding hydrogens is 170 g/mol. The highest BCUT2D eigenvalue weighted by Gasteiger charge is 2.09. The molecule has 0 spiro atoms. The summed E-state index contributed by atoms with van der Waals surface area (Å²) >= 11 is 0. The van der Waals surface area contributed by atoms with E-state index in [1.807, 2.05) is 0 Å². The zero-order valence-electron chi connectivity index (χ0n) is 6.62. The van der Waals surface area contributed by atoms with Gasteiger partial charge in [0.1, 0.15) is 0 Å². The second kappa shape index (κ2) is 3.56. The largest absolute Gasteiger partial charge is 0.446 e. The summed E-state index contributed by atoms with van der Waals surface area (Å²) in [4.78, 5) is 10.6. The minimum absolute atomic E-state index is 0.322. The summed E-state index contributed by atoms with van der Waals surface area (Å²) in [6.07, 6.45) is -0.381. The molecule has 0 atom stereocenters. The van der Waals surface area contributed by atoms with Crippen LogP contribution in [0.4, 0.5) is 4.79 Å². The summed E-state index contributed by atoms with van der Waals surface area (Å²) in [5.74, 6) is 0. The Labute approximate surface area is 65.8 Å². The summed E-state index contributed by atoms with van der Waals surface area (Å²) in [5.41, 5.74) is 0. The molecule has 0 radical (unpaired) electrons. The molecule has 0 fully saturated rings. The molecule has 1 amide bonds. The molecule has 0 aliphatic heterocycles. The van der Waals surface area contributed by atoms with E-state index in [1.54, 1.807) is 18.6 Å². The van der Waals surface area contributed by atoms with E-state index in [1.165, 1.54) is 0 Å². The normalized spacial score (nSPS) is 11.3. The van der Waals surface area contributed by atoms with Crippen molar-refractivity contribution in [2.45, 2.75) is 20.0 Å². The number of nitrogens with one attached hydrogen (secondary N) is 1. The molecule has 0 saturated carbocycles. The van der Waals surface area contributed by atoms with Crippen LogP contribution in [0.5, 0.6) is 0 Å². The third-order valence-electron chi connectivity index (χ3n) is 0.611. The summed E-state index contributed by atoms with van der Waals surface area (Å²) in [6.45, 7) is 3.25. The third kappa shape index (κ3) is 7.11. The van der Waals surface area contributed by atoms with Gasteiger partial charge in [-0.05, 0) is 13.8 Å². The summed E-state index contributed by atoms with van der Waals surface area (Å²) in [6, 6.07) is 0. The van der Waals surface area contributed by atoms with Crippen molar-refractivity contribution in [3.63, 3.8) is 0 Å². The SMILES string of the molecule is CC(C)OC(=O)NS(C)(=O)=O. The van der Waals surface area contributed by atoms with E-state index in [9.17, 15) is 13.2 Å². The van der Waals surface area contributed by atoms with Crippen LogP contribution in [0.15, 0.2) is 0 Å². The highest BCUT2D eigenvalue weighted by atomic mass is 32.2. The monoisotopic (exact) mass is 181 g/mol. The molecule has 66 valence electrons. The minimum Gasteiger partial charge on any atom is -0.446 e. The fraction of sp³-hybridized carbons (Fsp3) is 0.800. The molecule has 0 rings (SSSR count). The number of hydrogen-bond acceptors (Lipinski definition) is 4. The van der Waals surface area contributed by atoms with Crippen molar-refractivity contribution in [1.82, 2.24) is 4.72 Å². The molecule has 0 aromatic carbocycles. The van der Waals surface area contributed by atoms with Gasteiger partial charge >= 0.3 is 6.09 Å². The van der Waals surface area contributed by atoms with E-state index in [-0.39, 0.29) is 6.10 Å². The molecule has 0 aromatic heterocycles.